The summed E-state index contributed by atoms with van der Waals surface area (Å²) in [6, 6.07) is 9.34. The van der Waals surface area contributed by atoms with E-state index in [2.05, 4.69) is 15.3 Å². The van der Waals surface area contributed by atoms with Gasteiger partial charge in [-0.3, -0.25) is 0 Å². The zero-order chi connectivity index (χ0) is 16.4. The highest BCUT2D eigenvalue weighted by Gasteiger charge is 2.10. The molecule has 0 aliphatic rings. The Hall–Kier alpha value is -2.56. The normalized spacial score (nSPS) is 12.3. The SMILES string of the molecule is Cc1cc(F)ccc1CC(C)Nc1ncnc2cc(F)ccc12. The highest BCUT2D eigenvalue weighted by molar-refractivity contribution is 5.88. The molecule has 0 aliphatic carbocycles. The molecule has 1 heterocycles. The van der Waals surface area contributed by atoms with Crippen molar-refractivity contribution in [1.82, 2.24) is 9.97 Å². The summed E-state index contributed by atoms with van der Waals surface area (Å²) in [6.45, 7) is 3.92. The average molecular weight is 313 g/mol. The molecule has 0 saturated carbocycles. The Labute approximate surface area is 133 Å². The van der Waals surface area contributed by atoms with Crippen molar-refractivity contribution < 1.29 is 8.78 Å². The lowest BCUT2D eigenvalue weighted by atomic mass is 10.0. The minimum atomic E-state index is -0.322. The topological polar surface area (TPSA) is 37.8 Å². The highest BCUT2D eigenvalue weighted by Crippen LogP contribution is 2.21. The van der Waals surface area contributed by atoms with Gasteiger partial charge >= 0.3 is 0 Å². The molecule has 0 radical (unpaired) electrons. The van der Waals surface area contributed by atoms with E-state index >= 15 is 0 Å². The molecule has 0 aliphatic heterocycles. The molecule has 3 rings (SSSR count). The van der Waals surface area contributed by atoms with Gasteiger partial charge in [0.2, 0.25) is 0 Å². The zero-order valence-electron chi connectivity index (χ0n) is 13.0. The van der Waals surface area contributed by atoms with Crippen molar-refractivity contribution in [3.63, 3.8) is 0 Å². The molecule has 0 amide bonds. The molecule has 1 atom stereocenters. The first-order valence-corrected chi connectivity index (χ1v) is 7.45. The maximum absolute atomic E-state index is 13.3. The smallest absolute Gasteiger partial charge is 0.137 e. The van der Waals surface area contributed by atoms with E-state index < -0.39 is 0 Å². The van der Waals surface area contributed by atoms with Gasteiger partial charge in [0, 0.05) is 17.5 Å². The number of aryl methyl sites for hydroxylation is 1. The second-order valence-electron chi connectivity index (χ2n) is 5.70. The van der Waals surface area contributed by atoms with E-state index in [1.54, 1.807) is 12.1 Å². The van der Waals surface area contributed by atoms with Crippen LogP contribution < -0.4 is 5.32 Å². The zero-order valence-corrected chi connectivity index (χ0v) is 13.0. The summed E-state index contributed by atoms with van der Waals surface area (Å²) in [5.41, 5.74) is 2.57. The quantitative estimate of drug-likeness (QED) is 0.782. The van der Waals surface area contributed by atoms with Crippen molar-refractivity contribution in [2.75, 3.05) is 5.32 Å². The minimum absolute atomic E-state index is 0.0855. The Balaban J connectivity index is 1.81. The highest BCUT2D eigenvalue weighted by atomic mass is 19.1. The van der Waals surface area contributed by atoms with Gasteiger partial charge in [-0.25, -0.2) is 18.7 Å². The van der Waals surface area contributed by atoms with Crippen LogP contribution in [-0.4, -0.2) is 16.0 Å². The van der Waals surface area contributed by atoms with Gasteiger partial charge in [-0.05, 0) is 55.7 Å². The number of halogens is 2. The van der Waals surface area contributed by atoms with Gasteiger partial charge in [0.1, 0.15) is 23.8 Å². The number of nitrogens with zero attached hydrogens (tertiary/aromatic N) is 2. The van der Waals surface area contributed by atoms with E-state index in [1.165, 1.54) is 30.6 Å². The molecule has 0 saturated heterocycles. The number of anilines is 1. The molecule has 23 heavy (non-hydrogen) atoms. The van der Waals surface area contributed by atoms with Crippen molar-refractivity contribution in [3.05, 3.63) is 65.5 Å². The second kappa shape index (κ2) is 6.28. The van der Waals surface area contributed by atoms with Crippen LogP contribution in [0.25, 0.3) is 10.9 Å². The predicted octanol–water partition coefficient (Wildman–Crippen LogP) is 4.26. The van der Waals surface area contributed by atoms with Gasteiger partial charge in [0.05, 0.1) is 5.52 Å². The lowest BCUT2D eigenvalue weighted by Crippen LogP contribution is -2.19. The third kappa shape index (κ3) is 3.44. The molecular formula is C18H17F2N3. The monoisotopic (exact) mass is 313 g/mol. The van der Waals surface area contributed by atoms with Gasteiger partial charge < -0.3 is 5.32 Å². The lowest BCUT2D eigenvalue weighted by Gasteiger charge is -2.17. The van der Waals surface area contributed by atoms with Gasteiger partial charge in [-0.1, -0.05) is 6.07 Å². The fraction of sp³-hybridized carbons (Fsp3) is 0.222. The maximum atomic E-state index is 13.3. The fourth-order valence-corrected chi connectivity index (χ4v) is 2.65. The molecule has 118 valence electrons. The third-order valence-corrected chi connectivity index (χ3v) is 3.81. The summed E-state index contributed by atoms with van der Waals surface area (Å²) < 4.78 is 26.5. The predicted molar refractivity (Wildman–Crippen MR) is 87.4 cm³/mol. The summed E-state index contributed by atoms with van der Waals surface area (Å²) >= 11 is 0. The number of benzene rings is 2. The molecule has 1 aromatic heterocycles. The number of hydrogen-bond donors (Lipinski definition) is 1. The van der Waals surface area contributed by atoms with Crippen molar-refractivity contribution in [2.45, 2.75) is 26.3 Å². The molecule has 5 heteroatoms. The number of nitrogens with one attached hydrogen (secondary N) is 1. The van der Waals surface area contributed by atoms with Crippen molar-refractivity contribution >= 4 is 16.7 Å². The lowest BCUT2D eigenvalue weighted by molar-refractivity contribution is 0.624. The van der Waals surface area contributed by atoms with Crippen molar-refractivity contribution in [1.29, 1.82) is 0 Å². The number of hydrogen-bond acceptors (Lipinski definition) is 3. The molecule has 2 aromatic carbocycles. The molecule has 1 unspecified atom stereocenters. The van der Waals surface area contributed by atoms with E-state index in [0.717, 1.165) is 22.9 Å². The van der Waals surface area contributed by atoms with Gasteiger partial charge in [0.25, 0.3) is 0 Å². The van der Waals surface area contributed by atoms with Crippen LogP contribution in [0.3, 0.4) is 0 Å². The summed E-state index contributed by atoms with van der Waals surface area (Å²) in [5.74, 6) is 0.120. The molecule has 0 spiro atoms. The van der Waals surface area contributed by atoms with E-state index in [4.69, 9.17) is 0 Å². The standard InChI is InChI=1S/C18H17F2N3/c1-11-7-14(19)4-3-13(11)8-12(2)23-18-16-6-5-15(20)9-17(16)21-10-22-18/h3-7,9-10,12H,8H2,1-2H3,(H,21,22,23). The molecule has 0 bridgehead atoms. The van der Waals surface area contributed by atoms with Crippen LogP contribution in [0, 0.1) is 18.6 Å². The van der Waals surface area contributed by atoms with Crippen LogP contribution in [0.2, 0.25) is 0 Å². The largest absolute Gasteiger partial charge is 0.367 e. The van der Waals surface area contributed by atoms with E-state index in [-0.39, 0.29) is 17.7 Å². The molecule has 3 aromatic rings. The molecule has 1 N–H and O–H groups in total. The van der Waals surface area contributed by atoms with Gasteiger partial charge in [-0.15, -0.1) is 0 Å². The van der Waals surface area contributed by atoms with E-state index in [9.17, 15) is 8.78 Å². The van der Waals surface area contributed by atoms with Crippen LogP contribution >= 0.6 is 0 Å². The first-order valence-electron chi connectivity index (χ1n) is 7.45. The number of rotatable bonds is 4. The Morgan fingerprint density at radius 3 is 2.57 bits per heavy atom. The summed E-state index contributed by atoms with van der Waals surface area (Å²) in [6.07, 6.45) is 2.15. The van der Waals surface area contributed by atoms with Gasteiger partial charge in [0.15, 0.2) is 0 Å². The van der Waals surface area contributed by atoms with E-state index in [1.807, 2.05) is 13.8 Å². The fourth-order valence-electron chi connectivity index (χ4n) is 2.65. The summed E-state index contributed by atoms with van der Waals surface area (Å²) in [4.78, 5) is 8.34. The Kier molecular flexibility index (Phi) is 4.19. The number of fused-ring (bicyclic) bond motifs is 1. The Morgan fingerprint density at radius 1 is 1.04 bits per heavy atom. The van der Waals surface area contributed by atoms with Crippen LogP contribution in [0.4, 0.5) is 14.6 Å². The third-order valence-electron chi connectivity index (χ3n) is 3.81. The first-order chi connectivity index (χ1) is 11.0. The summed E-state index contributed by atoms with van der Waals surface area (Å²) in [7, 11) is 0. The Morgan fingerprint density at radius 2 is 1.78 bits per heavy atom. The van der Waals surface area contributed by atoms with Crippen LogP contribution in [0.5, 0.6) is 0 Å². The molecule has 0 fully saturated rings. The van der Waals surface area contributed by atoms with Crippen LogP contribution in [0.1, 0.15) is 18.1 Å². The first kappa shape index (κ1) is 15.3. The van der Waals surface area contributed by atoms with E-state index in [0.29, 0.717) is 11.3 Å². The molecule has 3 nitrogen and oxygen atoms in total. The average Bonchev–Trinajstić information content (AvgIpc) is 2.50. The minimum Gasteiger partial charge on any atom is -0.367 e. The Bertz CT molecular complexity index is 849. The van der Waals surface area contributed by atoms with Gasteiger partial charge in [-0.2, -0.15) is 0 Å². The van der Waals surface area contributed by atoms with Crippen molar-refractivity contribution in [2.24, 2.45) is 0 Å². The van der Waals surface area contributed by atoms with Crippen LogP contribution in [0.15, 0.2) is 42.7 Å². The molecular weight excluding hydrogens is 296 g/mol. The van der Waals surface area contributed by atoms with Crippen LogP contribution in [-0.2, 0) is 6.42 Å². The summed E-state index contributed by atoms with van der Waals surface area (Å²) in [5, 5.41) is 4.10. The maximum Gasteiger partial charge on any atom is 0.137 e. The second-order valence-corrected chi connectivity index (χ2v) is 5.70. The van der Waals surface area contributed by atoms with Crippen molar-refractivity contribution in [3.8, 4) is 0 Å². The number of aromatic nitrogens is 2.